The highest BCUT2D eigenvalue weighted by Gasteiger charge is 2.35. The van der Waals surface area contributed by atoms with Crippen molar-refractivity contribution in [1.82, 2.24) is 15.1 Å². The second-order valence-corrected chi connectivity index (χ2v) is 6.44. The second kappa shape index (κ2) is 6.18. The number of aryl methyl sites for hydroxylation is 1. The topological polar surface area (TPSA) is 76.3 Å². The lowest BCUT2D eigenvalue weighted by Gasteiger charge is -2.11. The van der Waals surface area contributed by atoms with Crippen LogP contribution in [-0.4, -0.2) is 32.8 Å². The zero-order valence-corrected chi connectivity index (χ0v) is 14.1. The van der Waals surface area contributed by atoms with Crippen molar-refractivity contribution in [2.24, 2.45) is 0 Å². The van der Waals surface area contributed by atoms with E-state index in [0.29, 0.717) is 22.2 Å². The summed E-state index contributed by atoms with van der Waals surface area (Å²) in [6, 6.07) is 14.5. The Labute approximate surface area is 147 Å². The SMILES string of the molecule is Cc1ccccc1-c1nnc(SCN2C(=O)c3ccccc3C2=O)o1. The third kappa shape index (κ3) is 2.72. The molecular weight excluding hydrogens is 338 g/mol. The minimum Gasteiger partial charge on any atom is -0.411 e. The minimum absolute atomic E-state index is 0.127. The van der Waals surface area contributed by atoms with Crippen LogP contribution in [0.2, 0.25) is 0 Å². The van der Waals surface area contributed by atoms with Gasteiger partial charge in [0.15, 0.2) is 0 Å². The van der Waals surface area contributed by atoms with Crippen LogP contribution in [0.15, 0.2) is 58.2 Å². The number of carbonyl (C=O) groups excluding carboxylic acids is 2. The highest BCUT2D eigenvalue weighted by molar-refractivity contribution is 7.99. The molecule has 3 aromatic rings. The Morgan fingerprint density at radius 1 is 0.920 bits per heavy atom. The molecule has 0 spiro atoms. The lowest BCUT2D eigenvalue weighted by Crippen LogP contribution is -2.29. The Balaban J connectivity index is 1.49. The van der Waals surface area contributed by atoms with Crippen LogP contribution in [0.3, 0.4) is 0 Å². The number of fused-ring (bicyclic) bond motifs is 1. The lowest BCUT2D eigenvalue weighted by atomic mass is 10.1. The fraction of sp³-hybridized carbons (Fsp3) is 0.111. The van der Waals surface area contributed by atoms with E-state index in [1.54, 1.807) is 24.3 Å². The van der Waals surface area contributed by atoms with Crippen molar-refractivity contribution in [2.45, 2.75) is 12.1 Å². The summed E-state index contributed by atoms with van der Waals surface area (Å²) in [7, 11) is 0. The molecule has 7 heteroatoms. The molecule has 1 aliphatic heterocycles. The summed E-state index contributed by atoms with van der Waals surface area (Å²) in [6.07, 6.45) is 0. The van der Waals surface area contributed by atoms with Gasteiger partial charge in [0.1, 0.15) is 0 Å². The number of thioether (sulfide) groups is 1. The number of amides is 2. The maximum atomic E-state index is 12.3. The molecule has 1 aromatic heterocycles. The second-order valence-electron chi connectivity index (χ2n) is 5.55. The molecule has 0 atom stereocenters. The van der Waals surface area contributed by atoms with Crippen LogP contribution in [0.5, 0.6) is 0 Å². The third-order valence-electron chi connectivity index (χ3n) is 3.98. The van der Waals surface area contributed by atoms with Gasteiger partial charge in [0.05, 0.1) is 17.0 Å². The van der Waals surface area contributed by atoms with Crippen LogP contribution < -0.4 is 0 Å². The Kier molecular flexibility index (Phi) is 3.85. The van der Waals surface area contributed by atoms with Gasteiger partial charge in [-0.15, -0.1) is 10.2 Å². The van der Waals surface area contributed by atoms with Crippen molar-refractivity contribution in [3.8, 4) is 11.5 Å². The van der Waals surface area contributed by atoms with E-state index in [4.69, 9.17) is 4.42 Å². The van der Waals surface area contributed by atoms with E-state index in [2.05, 4.69) is 10.2 Å². The number of nitrogens with zero attached hydrogens (tertiary/aromatic N) is 3. The molecule has 124 valence electrons. The first-order valence-electron chi connectivity index (χ1n) is 7.62. The summed E-state index contributed by atoms with van der Waals surface area (Å²) in [4.78, 5) is 25.8. The van der Waals surface area contributed by atoms with Crippen molar-refractivity contribution < 1.29 is 14.0 Å². The van der Waals surface area contributed by atoms with Crippen LogP contribution in [0.4, 0.5) is 0 Å². The summed E-state index contributed by atoms with van der Waals surface area (Å²) in [5, 5.41) is 8.35. The average Bonchev–Trinajstić information content (AvgIpc) is 3.19. The quantitative estimate of drug-likeness (QED) is 0.530. The predicted molar refractivity (Wildman–Crippen MR) is 92.1 cm³/mol. The largest absolute Gasteiger partial charge is 0.411 e. The fourth-order valence-corrected chi connectivity index (χ4v) is 3.38. The Morgan fingerprint density at radius 3 is 2.16 bits per heavy atom. The van der Waals surface area contributed by atoms with E-state index in [-0.39, 0.29) is 17.7 Å². The third-order valence-corrected chi connectivity index (χ3v) is 4.78. The van der Waals surface area contributed by atoms with Gasteiger partial charge < -0.3 is 4.42 Å². The molecule has 0 bridgehead atoms. The Morgan fingerprint density at radius 2 is 1.52 bits per heavy atom. The van der Waals surface area contributed by atoms with Crippen molar-refractivity contribution in [3.05, 3.63) is 65.2 Å². The highest BCUT2D eigenvalue weighted by atomic mass is 32.2. The standard InChI is InChI=1S/C18H13N3O3S/c1-11-6-2-3-7-12(11)15-19-20-18(24-15)25-10-21-16(22)13-8-4-5-9-14(13)17(21)23/h2-9H,10H2,1H3. The number of rotatable bonds is 4. The van der Waals surface area contributed by atoms with E-state index >= 15 is 0 Å². The molecule has 0 fully saturated rings. The van der Waals surface area contributed by atoms with E-state index in [1.165, 1.54) is 4.90 Å². The summed E-state index contributed by atoms with van der Waals surface area (Å²) in [5.41, 5.74) is 2.75. The van der Waals surface area contributed by atoms with Crippen LogP contribution in [-0.2, 0) is 0 Å². The summed E-state index contributed by atoms with van der Waals surface area (Å²) in [5.74, 6) is -0.0525. The monoisotopic (exact) mass is 351 g/mol. The minimum atomic E-state index is -0.299. The van der Waals surface area contributed by atoms with Gasteiger partial charge in [0.2, 0.25) is 5.89 Å². The molecule has 2 amide bonds. The molecule has 0 saturated heterocycles. The van der Waals surface area contributed by atoms with Crippen molar-refractivity contribution in [2.75, 3.05) is 5.88 Å². The number of hydrogen-bond acceptors (Lipinski definition) is 6. The highest BCUT2D eigenvalue weighted by Crippen LogP contribution is 2.29. The number of carbonyl (C=O) groups is 2. The van der Waals surface area contributed by atoms with Crippen LogP contribution in [0.25, 0.3) is 11.5 Å². The van der Waals surface area contributed by atoms with Crippen LogP contribution in [0.1, 0.15) is 26.3 Å². The van der Waals surface area contributed by atoms with Crippen LogP contribution in [0, 0.1) is 6.92 Å². The number of benzene rings is 2. The van der Waals surface area contributed by atoms with Gasteiger partial charge in [-0.3, -0.25) is 14.5 Å². The van der Waals surface area contributed by atoms with Gasteiger partial charge in [0.25, 0.3) is 17.0 Å². The van der Waals surface area contributed by atoms with Gasteiger partial charge in [-0.25, -0.2) is 0 Å². The zero-order chi connectivity index (χ0) is 17.4. The average molecular weight is 351 g/mol. The molecule has 0 saturated carbocycles. The van der Waals surface area contributed by atoms with Gasteiger partial charge in [-0.05, 0) is 42.4 Å². The first-order valence-corrected chi connectivity index (χ1v) is 8.61. The molecule has 2 heterocycles. The predicted octanol–water partition coefficient (Wildman–Crippen LogP) is 3.39. The normalized spacial score (nSPS) is 13.4. The van der Waals surface area contributed by atoms with E-state index in [0.717, 1.165) is 22.9 Å². The van der Waals surface area contributed by atoms with E-state index < -0.39 is 0 Å². The summed E-state index contributed by atoms with van der Waals surface area (Å²) in [6.45, 7) is 1.96. The zero-order valence-electron chi connectivity index (χ0n) is 13.3. The van der Waals surface area contributed by atoms with Crippen molar-refractivity contribution in [3.63, 3.8) is 0 Å². The summed E-state index contributed by atoms with van der Waals surface area (Å²) < 4.78 is 5.65. The number of hydrogen-bond donors (Lipinski definition) is 0. The maximum Gasteiger partial charge on any atom is 0.278 e. The van der Waals surface area contributed by atoms with Gasteiger partial charge in [-0.1, -0.05) is 30.3 Å². The van der Waals surface area contributed by atoms with Crippen molar-refractivity contribution >= 4 is 23.6 Å². The van der Waals surface area contributed by atoms with Gasteiger partial charge in [-0.2, -0.15) is 0 Å². The molecule has 1 aliphatic rings. The lowest BCUT2D eigenvalue weighted by molar-refractivity contribution is 0.0684. The van der Waals surface area contributed by atoms with Gasteiger partial charge in [0, 0.05) is 5.56 Å². The van der Waals surface area contributed by atoms with E-state index in [9.17, 15) is 9.59 Å². The van der Waals surface area contributed by atoms with Crippen molar-refractivity contribution in [1.29, 1.82) is 0 Å². The molecule has 25 heavy (non-hydrogen) atoms. The molecule has 0 N–H and O–H groups in total. The maximum absolute atomic E-state index is 12.3. The number of aromatic nitrogens is 2. The molecule has 6 nitrogen and oxygen atoms in total. The first-order chi connectivity index (χ1) is 12.1. The Hall–Kier alpha value is -2.93. The Bertz CT molecular complexity index is 948. The first kappa shape index (κ1) is 15.6. The van der Waals surface area contributed by atoms with E-state index in [1.807, 2.05) is 31.2 Å². The van der Waals surface area contributed by atoms with Gasteiger partial charge >= 0.3 is 0 Å². The van der Waals surface area contributed by atoms with Crippen LogP contribution >= 0.6 is 11.8 Å². The molecule has 4 rings (SSSR count). The fourth-order valence-electron chi connectivity index (χ4n) is 2.67. The molecular formula is C18H13N3O3S. The number of imide groups is 1. The smallest absolute Gasteiger partial charge is 0.278 e. The summed E-state index contributed by atoms with van der Waals surface area (Å²) >= 11 is 1.16. The molecule has 0 unspecified atom stereocenters. The molecule has 0 radical (unpaired) electrons. The molecule has 0 aliphatic carbocycles. The molecule has 2 aromatic carbocycles.